The second kappa shape index (κ2) is 6.72. The Balaban J connectivity index is 1.79. The zero-order valence-corrected chi connectivity index (χ0v) is 14.2. The molecule has 1 aliphatic heterocycles. The Morgan fingerprint density at radius 3 is 2.83 bits per heavy atom. The molecule has 0 saturated carbocycles. The number of methoxy groups -OCH3 is 1. The van der Waals surface area contributed by atoms with E-state index in [0.29, 0.717) is 6.54 Å². The summed E-state index contributed by atoms with van der Waals surface area (Å²) in [7, 11) is 1.63. The van der Waals surface area contributed by atoms with Crippen LogP contribution in [-0.2, 0) is 11.3 Å². The molecule has 0 spiro atoms. The van der Waals surface area contributed by atoms with Gasteiger partial charge in [-0.2, -0.15) is 0 Å². The second-order valence-corrected chi connectivity index (χ2v) is 7.41. The molecule has 0 bridgehead atoms. The van der Waals surface area contributed by atoms with Gasteiger partial charge < -0.3 is 9.84 Å². The number of carboxylic acids is 1. The largest absolute Gasteiger partial charge is 0.497 e. The first-order valence-electron chi connectivity index (χ1n) is 7.71. The van der Waals surface area contributed by atoms with Gasteiger partial charge in [0.25, 0.3) is 0 Å². The number of nitrogens with zero attached hydrogens (tertiary/aromatic N) is 1. The summed E-state index contributed by atoms with van der Waals surface area (Å²) in [6, 6.07) is 12.0. The van der Waals surface area contributed by atoms with Gasteiger partial charge in [-0.3, -0.25) is 9.69 Å². The highest BCUT2D eigenvalue weighted by molar-refractivity contribution is 7.11. The molecule has 0 amide bonds. The molecule has 5 heteroatoms. The molecule has 2 atom stereocenters. The van der Waals surface area contributed by atoms with Crippen molar-refractivity contribution in [2.24, 2.45) is 5.92 Å². The first-order chi connectivity index (χ1) is 11.1. The van der Waals surface area contributed by atoms with Crippen molar-refractivity contribution >= 4 is 17.3 Å². The number of carbonyl (C=O) groups is 1. The number of likely N-dealkylation sites (tertiary alicyclic amines) is 1. The fourth-order valence-electron chi connectivity index (χ4n) is 3.27. The van der Waals surface area contributed by atoms with Crippen LogP contribution in [0.4, 0.5) is 0 Å². The normalized spacial score (nSPS) is 21.5. The molecular weight excluding hydrogens is 310 g/mol. The number of hydrogen-bond acceptors (Lipinski definition) is 4. The van der Waals surface area contributed by atoms with Gasteiger partial charge in [0.1, 0.15) is 5.75 Å². The summed E-state index contributed by atoms with van der Waals surface area (Å²) >= 11 is 1.78. The summed E-state index contributed by atoms with van der Waals surface area (Å²) < 4.78 is 5.28. The molecule has 1 saturated heterocycles. The predicted octanol–water partition coefficient (Wildman–Crippen LogP) is 3.37. The minimum atomic E-state index is -0.720. The average Bonchev–Trinajstić information content (AvgIpc) is 3.14. The third-order valence-corrected chi connectivity index (χ3v) is 5.40. The number of aliphatic carboxylic acids is 1. The first kappa shape index (κ1) is 16.0. The molecule has 0 radical (unpaired) electrons. The van der Waals surface area contributed by atoms with Gasteiger partial charge >= 0.3 is 5.97 Å². The highest BCUT2D eigenvalue weighted by atomic mass is 32.1. The SMILES string of the molecule is COc1cccc([C@H]2CN(Cc3ccc(C)s3)C[C@@H]2C(=O)O)c1. The van der Waals surface area contributed by atoms with Crippen LogP contribution in [0.3, 0.4) is 0 Å². The predicted molar refractivity (Wildman–Crippen MR) is 91.2 cm³/mol. The van der Waals surface area contributed by atoms with Crippen molar-refractivity contribution in [2.45, 2.75) is 19.4 Å². The van der Waals surface area contributed by atoms with E-state index in [1.807, 2.05) is 24.3 Å². The third-order valence-electron chi connectivity index (χ3n) is 4.41. The molecule has 0 unspecified atom stereocenters. The van der Waals surface area contributed by atoms with Gasteiger partial charge in [0.2, 0.25) is 0 Å². The quantitative estimate of drug-likeness (QED) is 0.913. The van der Waals surface area contributed by atoms with E-state index in [0.717, 1.165) is 24.4 Å². The fourth-order valence-corrected chi connectivity index (χ4v) is 4.20. The van der Waals surface area contributed by atoms with Gasteiger partial charge in [-0.15, -0.1) is 11.3 Å². The molecule has 23 heavy (non-hydrogen) atoms. The Kier molecular flexibility index (Phi) is 4.68. The van der Waals surface area contributed by atoms with Gasteiger partial charge in [-0.1, -0.05) is 12.1 Å². The summed E-state index contributed by atoms with van der Waals surface area (Å²) in [6.45, 7) is 4.27. The van der Waals surface area contributed by atoms with Gasteiger partial charge in [0.15, 0.2) is 0 Å². The smallest absolute Gasteiger partial charge is 0.308 e. The Labute approximate surface area is 140 Å². The van der Waals surface area contributed by atoms with Crippen molar-refractivity contribution in [3.63, 3.8) is 0 Å². The Morgan fingerprint density at radius 1 is 1.35 bits per heavy atom. The van der Waals surface area contributed by atoms with Gasteiger partial charge in [-0.05, 0) is 36.8 Å². The van der Waals surface area contributed by atoms with Crippen LogP contribution >= 0.6 is 11.3 Å². The van der Waals surface area contributed by atoms with Crippen molar-refractivity contribution < 1.29 is 14.6 Å². The lowest BCUT2D eigenvalue weighted by molar-refractivity contribution is -0.141. The third kappa shape index (κ3) is 3.57. The molecule has 122 valence electrons. The van der Waals surface area contributed by atoms with E-state index in [-0.39, 0.29) is 11.8 Å². The lowest BCUT2D eigenvalue weighted by atomic mass is 9.89. The summed E-state index contributed by atoms with van der Waals surface area (Å²) in [5, 5.41) is 9.60. The summed E-state index contributed by atoms with van der Waals surface area (Å²) in [6.07, 6.45) is 0. The summed E-state index contributed by atoms with van der Waals surface area (Å²) in [5.74, 6) is -0.312. The maximum atomic E-state index is 11.7. The van der Waals surface area contributed by atoms with E-state index in [1.54, 1.807) is 18.4 Å². The molecule has 3 rings (SSSR count). The molecule has 1 fully saturated rings. The number of rotatable bonds is 5. The summed E-state index contributed by atoms with van der Waals surface area (Å²) in [4.78, 5) is 16.5. The van der Waals surface area contributed by atoms with Crippen molar-refractivity contribution in [2.75, 3.05) is 20.2 Å². The van der Waals surface area contributed by atoms with Gasteiger partial charge in [-0.25, -0.2) is 0 Å². The van der Waals surface area contributed by atoms with E-state index in [9.17, 15) is 9.90 Å². The highest BCUT2D eigenvalue weighted by Gasteiger charge is 2.38. The molecule has 1 aromatic carbocycles. The van der Waals surface area contributed by atoms with Crippen molar-refractivity contribution in [3.8, 4) is 5.75 Å². The van der Waals surface area contributed by atoms with Gasteiger partial charge in [0, 0.05) is 35.3 Å². The minimum Gasteiger partial charge on any atom is -0.497 e. The maximum Gasteiger partial charge on any atom is 0.308 e. The Morgan fingerprint density at radius 2 is 2.17 bits per heavy atom. The number of carboxylic acid groups (broad SMARTS) is 1. The lowest BCUT2D eigenvalue weighted by Crippen LogP contribution is -2.22. The van der Waals surface area contributed by atoms with Crippen molar-refractivity contribution in [1.82, 2.24) is 4.90 Å². The zero-order valence-electron chi connectivity index (χ0n) is 13.4. The van der Waals surface area contributed by atoms with Gasteiger partial charge in [0.05, 0.1) is 13.0 Å². The number of hydrogen-bond donors (Lipinski definition) is 1. The van der Waals surface area contributed by atoms with E-state index in [2.05, 4.69) is 24.0 Å². The molecule has 1 N–H and O–H groups in total. The number of benzene rings is 1. The number of ether oxygens (including phenoxy) is 1. The monoisotopic (exact) mass is 331 g/mol. The molecule has 0 aliphatic carbocycles. The van der Waals surface area contributed by atoms with Crippen LogP contribution in [0.25, 0.3) is 0 Å². The van der Waals surface area contributed by atoms with E-state index < -0.39 is 5.97 Å². The summed E-state index contributed by atoms with van der Waals surface area (Å²) in [5.41, 5.74) is 1.04. The Hall–Kier alpha value is -1.85. The molecule has 1 aliphatic rings. The second-order valence-electron chi connectivity index (χ2n) is 6.03. The fraction of sp³-hybridized carbons (Fsp3) is 0.389. The molecule has 2 heterocycles. The zero-order chi connectivity index (χ0) is 16.4. The van der Waals surface area contributed by atoms with Crippen molar-refractivity contribution in [3.05, 3.63) is 51.7 Å². The van der Waals surface area contributed by atoms with E-state index in [4.69, 9.17) is 4.74 Å². The van der Waals surface area contributed by atoms with Crippen LogP contribution in [0.5, 0.6) is 5.75 Å². The molecule has 2 aromatic rings. The average molecular weight is 331 g/mol. The van der Waals surface area contributed by atoms with Crippen LogP contribution < -0.4 is 4.74 Å². The minimum absolute atomic E-state index is 0.00339. The molecule has 4 nitrogen and oxygen atoms in total. The van der Waals surface area contributed by atoms with Crippen LogP contribution in [0.2, 0.25) is 0 Å². The lowest BCUT2D eigenvalue weighted by Gasteiger charge is -2.16. The highest BCUT2D eigenvalue weighted by Crippen LogP contribution is 2.35. The van der Waals surface area contributed by atoms with E-state index in [1.165, 1.54) is 9.75 Å². The first-order valence-corrected chi connectivity index (χ1v) is 8.53. The molecular formula is C18H21NO3S. The number of thiophene rings is 1. The molecule has 1 aromatic heterocycles. The van der Waals surface area contributed by atoms with Crippen LogP contribution in [0, 0.1) is 12.8 Å². The number of aryl methyl sites for hydroxylation is 1. The maximum absolute atomic E-state index is 11.7. The van der Waals surface area contributed by atoms with E-state index >= 15 is 0 Å². The topological polar surface area (TPSA) is 49.8 Å². The Bertz CT molecular complexity index is 697. The van der Waals surface area contributed by atoms with Crippen LogP contribution in [0.15, 0.2) is 36.4 Å². The van der Waals surface area contributed by atoms with Crippen molar-refractivity contribution in [1.29, 1.82) is 0 Å². The standard InChI is InChI=1S/C18H21NO3S/c1-12-6-7-15(23-12)9-19-10-16(17(11-19)18(20)21)13-4-3-5-14(8-13)22-2/h3-8,16-17H,9-11H2,1-2H3,(H,20,21)/t16-,17+/m1/s1. The van der Waals surface area contributed by atoms with Crippen LogP contribution in [0.1, 0.15) is 21.2 Å². The van der Waals surface area contributed by atoms with Crippen LogP contribution in [-0.4, -0.2) is 36.2 Å².